The number of nitrogens with zero attached hydrogens (tertiary/aromatic N) is 2. The lowest BCUT2D eigenvalue weighted by molar-refractivity contribution is -0.131. The van der Waals surface area contributed by atoms with Crippen molar-refractivity contribution in [1.82, 2.24) is 9.80 Å². The third-order valence-corrected chi connectivity index (χ3v) is 4.78. The molecule has 1 saturated heterocycles. The van der Waals surface area contributed by atoms with Crippen molar-refractivity contribution in [2.75, 3.05) is 26.7 Å². The molecule has 1 amide bonds. The van der Waals surface area contributed by atoms with Gasteiger partial charge in [0.05, 0.1) is 12.6 Å². The van der Waals surface area contributed by atoms with Crippen molar-refractivity contribution in [3.63, 3.8) is 0 Å². The van der Waals surface area contributed by atoms with Crippen molar-refractivity contribution in [1.29, 1.82) is 0 Å². The van der Waals surface area contributed by atoms with E-state index in [9.17, 15) is 4.79 Å². The van der Waals surface area contributed by atoms with Crippen LogP contribution in [0.5, 0.6) is 0 Å². The Bertz CT molecular complexity index is 415. The Labute approximate surface area is 125 Å². The van der Waals surface area contributed by atoms with E-state index in [1.807, 2.05) is 11.9 Å². The first-order valence-electron chi connectivity index (χ1n) is 7.39. The van der Waals surface area contributed by atoms with Gasteiger partial charge in [0.2, 0.25) is 5.91 Å². The third-order valence-electron chi connectivity index (χ3n) is 4.08. The van der Waals surface area contributed by atoms with Gasteiger partial charge in [-0.15, -0.1) is 0 Å². The summed E-state index contributed by atoms with van der Waals surface area (Å²) in [7, 11) is 2.01. The number of likely N-dealkylation sites (tertiary alicyclic amines) is 1. The molecule has 0 spiro atoms. The molecular formula is C15H25N3OS. The van der Waals surface area contributed by atoms with E-state index in [4.69, 9.17) is 5.73 Å². The molecule has 2 atom stereocenters. The Kier molecular flexibility index (Phi) is 5.57. The Morgan fingerprint density at radius 3 is 2.75 bits per heavy atom. The molecule has 1 fully saturated rings. The van der Waals surface area contributed by atoms with Gasteiger partial charge >= 0.3 is 0 Å². The Morgan fingerprint density at radius 2 is 2.20 bits per heavy atom. The fourth-order valence-corrected chi connectivity index (χ4v) is 3.56. The minimum Gasteiger partial charge on any atom is -0.342 e. The smallest absolute Gasteiger partial charge is 0.236 e. The van der Waals surface area contributed by atoms with Gasteiger partial charge < -0.3 is 10.6 Å². The zero-order chi connectivity index (χ0) is 14.5. The molecule has 5 heteroatoms. The summed E-state index contributed by atoms with van der Waals surface area (Å²) < 4.78 is 0. The van der Waals surface area contributed by atoms with E-state index in [2.05, 4.69) is 28.7 Å². The SMILES string of the molecule is CCC(N)C(c1ccsc1)N(C)CC(=O)N1CCCC1. The van der Waals surface area contributed by atoms with Crippen LogP contribution in [-0.4, -0.2) is 48.4 Å². The normalized spacial score (nSPS) is 18.5. The zero-order valence-electron chi connectivity index (χ0n) is 12.4. The molecule has 0 bridgehead atoms. The second-order valence-corrected chi connectivity index (χ2v) is 6.36. The number of rotatable bonds is 6. The van der Waals surface area contributed by atoms with Crippen LogP contribution in [0.1, 0.15) is 37.8 Å². The molecule has 0 saturated carbocycles. The van der Waals surface area contributed by atoms with Crippen LogP contribution in [0.4, 0.5) is 0 Å². The van der Waals surface area contributed by atoms with Crippen molar-refractivity contribution in [3.05, 3.63) is 22.4 Å². The van der Waals surface area contributed by atoms with Gasteiger partial charge in [-0.1, -0.05) is 6.92 Å². The van der Waals surface area contributed by atoms with Gasteiger partial charge in [0.1, 0.15) is 0 Å². The number of amides is 1. The minimum atomic E-state index is 0.0565. The molecule has 0 radical (unpaired) electrons. The molecule has 2 unspecified atom stereocenters. The van der Waals surface area contributed by atoms with Crippen LogP contribution >= 0.6 is 11.3 Å². The average molecular weight is 295 g/mol. The fraction of sp³-hybridized carbons (Fsp3) is 0.667. The number of nitrogens with two attached hydrogens (primary N) is 1. The number of hydrogen-bond donors (Lipinski definition) is 1. The quantitative estimate of drug-likeness (QED) is 0.874. The molecule has 20 heavy (non-hydrogen) atoms. The maximum absolute atomic E-state index is 12.3. The summed E-state index contributed by atoms with van der Waals surface area (Å²) >= 11 is 1.68. The molecule has 1 aromatic heterocycles. The highest BCUT2D eigenvalue weighted by Crippen LogP contribution is 2.26. The van der Waals surface area contributed by atoms with Crippen molar-refractivity contribution >= 4 is 17.2 Å². The number of thiophene rings is 1. The predicted octanol–water partition coefficient (Wildman–Crippen LogP) is 2.08. The first-order valence-corrected chi connectivity index (χ1v) is 8.33. The fourth-order valence-electron chi connectivity index (χ4n) is 2.87. The van der Waals surface area contributed by atoms with Gasteiger partial charge in [-0.2, -0.15) is 11.3 Å². The summed E-state index contributed by atoms with van der Waals surface area (Å²) in [6.07, 6.45) is 3.18. The lowest BCUT2D eigenvalue weighted by Gasteiger charge is -2.32. The molecule has 2 rings (SSSR count). The highest BCUT2D eigenvalue weighted by molar-refractivity contribution is 7.07. The van der Waals surface area contributed by atoms with Crippen LogP contribution < -0.4 is 5.73 Å². The molecule has 2 heterocycles. The van der Waals surface area contributed by atoms with Gasteiger partial charge in [-0.05, 0) is 48.7 Å². The first-order chi connectivity index (χ1) is 9.63. The number of likely N-dealkylation sites (N-methyl/N-ethyl adjacent to an activating group) is 1. The minimum absolute atomic E-state index is 0.0565. The van der Waals surface area contributed by atoms with Crippen LogP contribution in [0.3, 0.4) is 0 Å². The molecule has 0 aromatic carbocycles. The summed E-state index contributed by atoms with van der Waals surface area (Å²) in [5.74, 6) is 0.230. The Hall–Kier alpha value is -0.910. The van der Waals surface area contributed by atoms with Crippen LogP contribution in [-0.2, 0) is 4.79 Å². The molecule has 1 aromatic rings. The molecule has 1 aliphatic rings. The standard InChI is InChI=1S/C15H25N3OS/c1-3-13(16)15(12-6-9-20-11-12)17(2)10-14(19)18-7-4-5-8-18/h6,9,11,13,15H,3-5,7-8,10,16H2,1-2H3. The van der Waals surface area contributed by atoms with E-state index >= 15 is 0 Å². The van der Waals surface area contributed by atoms with Crippen LogP contribution in [0.25, 0.3) is 0 Å². The average Bonchev–Trinajstić information content (AvgIpc) is 3.11. The summed E-state index contributed by atoms with van der Waals surface area (Å²) in [6.45, 7) is 4.37. The molecular weight excluding hydrogens is 270 g/mol. The Morgan fingerprint density at radius 1 is 1.50 bits per heavy atom. The Balaban J connectivity index is 2.02. The molecule has 1 aliphatic heterocycles. The van der Waals surface area contributed by atoms with E-state index in [1.165, 1.54) is 5.56 Å². The van der Waals surface area contributed by atoms with Crippen molar-refractivity contribution in [3.8, 4) is 0 Å². The summed E-state index contributed by atoms with van der Waals surface area (Å²) in [5.41, 5.74) is 7.50. The van der Waals surface area contributed by atoms with Crippen molar-refractivity contribution in [2.24, 2.45) is 5.73 Å². The van der Waals surface area contributed by atoms with E-state index < -0.39 is 0 Å². The highest BCUT2D eigenvalue weighted by atomic mass is 32.1. The van der Waals surface area contributed by atoms with Crippen molar-refractivity contribution < 1.29 is 4.79 Å². The lowest BCUT2D eigenvalue weighted by atomic mass is 9.99. The molecule has 0 aliphatic carbocycles. The van der Waals surface area contributed by atoms with Gasteiger partial charge in [0, 0.05) is 19.1 Å². The van der Waals surface area contributed by atoms with E-state index in [-0.39, 0.29) is 18.0 Å². The summed E-state index contributed by atoms with van der Waals surface area (Å²) in [5, 5.41) is 4.21. The van der Waals surface area contributed by atoms with E-state index in [0.717, 1.165) is 32.4 Å². The van der Waals surface area contributed by atoms with Crippen LogP contribution in [0, 0.1) is 0 Å². The summed E-state index contributed by atoms with van der Waals surface area (Å²) in [4.78, 5) is 16.4. The van der Waals surface area contributed by atoms with Crippen LogP contribution in [0.2, 0.25) is 0 Å². The van der Waals surface area contributed by atoms with Gasteiger partial charge in [-0.3, -0.25) is 9.69 Å². The van der Waals surface area contributed by atoms with Crippen LogP contribution in [0.15, 0.2) is 16.8 Å². The second kappa shape index (κ2) is 7.20. The molecule has 112 valence electrons. The zero-order valence-corrected chi connectivity index (χ0v) is 13.2. The number of carbonyl (C=O) groups is 1. The molecule has 4 nitrogen and oxygen atoms in total. The first kappa shape index (κ1) is 15.5. The lowest BCUT2D eigenvalue weighted by Crippen LogP contribution is -2.44. The predicted molar refractivity (Wildman–Crippen MR) is 83.8 cm³/mol. The second-order valence-electron chi connectivity index (χ2n) is 5.58. The van der Waals surface area contributed by atoms with Crippen molar-refractivity contribution in [2.45, 2.75) is 38.3 Å². The van der Waals surface area contributed by atoms with E-state index in [0.29, 0.717) is 6.54 Å². The summed E-state index contributed by atoms with van der Waals surface area (Å²) in [6, 6.07) is 2.29. The maximum atomic E-state index is 12.3. The van der Waals surface area contributed by atoms with Gasteiger partial charge in [0.25, 0.3) is 0 Å². The number of hydrogen-bond acceptors (Lipinski definition) is 4. The third kappa shape index (κ3) is 3.59. The maximum Gasteiger partial charge on any atom is 0.236 e. The highest BCUT2D eigenvalue weighted by Gasteiger charge is 2.27. The van der Waals surface area contributed by atoms with Gasteiger partial charge in [-0.25, -0.2) is 0 Å². The van der Waals surface area contributed by atoms with E-state index in [1.54, 1.807) is 11.3 Å². The monoisotopic (exact) mass is 295 g/mol. The van der Waals surface area contributed by atoms with Gasteiger partial charge in [0.15, 0.2) is 0 Å². The number of carbonyl (C=O) groups excluding carboxylic acids is 1. The largest absolute Gasteiger partial charge is 0.342 e. The topological polar surface area (TPSA) is 49.6 Å². The molecule has 2 N–H and O–H groups in total.